The van der Waals surface area contributed by atoms with Gasteiger partial charge in [0, 0.05) is 5.02 Å². The first-order chi connectivity index (χ1) is 13.7. The first-order valence-corrected chi connectivity index (χ1v) is 8.61. The molecule has 12 heteroatoms. The summed E-state index contributed by atoms with van der Waals surface area (Å²) >= 11 is 11.8. The molecule has 0 unspecified atom stereocenters. The SMILES string of the molecule is COC(=O)c1ccc(OCc2nnnn2-c2ccc(Cl)cc2C(F)(F)F)c(Cl)c1. The molecule has 1 aromatic heterocycles. The predicted molar refractivity (Wildman–Crippen MR) is 96.3 cm³/mol. The fraction of sp³-hybridized carbons (Fsp3) is 0.176. The Kier molecular flexibility index (Phi) is 5.94. The monoisotopic (exact) mass is 446 g/mol. The number of carbonyl (C=O) groups is 1. The van der Waals surface area contributed by atoms with Gasteiger partial charge in [-0.05, 0) is 46.8 Å². The van der Waals surface area contributed by atoms with Crippen molar-refractivity contribution >= 4 is 29.2 Å². The van der Waals surface area contributed by atoms with Crippen LogP contribution in [0.3, 0.4) is 0 Å². The largest absolute Gasteiger partial charge is 0.484 e. The predicted octanol–water partition coefficient (Wildman–Crippen LogP) is 4.35. The van der Waals surface area contributed by atoms with E-state index in [0.29, 0.717) is 0 Å². The van der Waals surface area contributed by atoms with E-state index in [1.807, 2.05) is 0 Å². The van der Waals surface area contributed by atoms with Crippen molar-refractivity contribution < 1.29 is 27.4 Å². The summed E-state index contributed by atoms with van der Waals surface area (Å²) < 4.78 is 51.1. The number of alkyl halides is 3. The topological polar surface area (TPSA) is 79.1 Å². The van der Waals surface area contributed by atoms with Gasteiger partial charge in [-0.1, -0.05) is 23.2 Å². The molecule has 0 aliphatic heterocycles. The Labute approximate surface area is 171 Å². The molecule has 0 N–H and O–H groups in total. The summed E-state index contributed by atoms with van der Waals surface area (Å²) in [7, 11) is 1.23. The lowest BCUT2D eigenvalue weighted by Gasteiger charge is -2.14. The maximum absolute atomic E-state index is 13.4. The number of halogens is 5. The number of methoxy groups -OCH3 is 1. The highest BCUT2D eigenvalue weighted by Crippen LogP contribution is 2.35. The maximum atomic E-state index is 13.4. The minimum absolute atomic E-state index is 0.00839. The van der Waals surface area contributed by atoms with E-state index in [1.165, 1.54) is 31.4 Å². The molecular formula is C17H11Cl2F3N4O3. The Bertz CT molecular complexity index is 1060. The first kappa shape index (κ1) is 20.9. The Balaban J connectivity index is 1.87. The number of carbonyl (C=O) groups excluding carboxylic acids is 1. The number of nitrogens with zero attached hydrogens (tertiary/aromatic N) is 4. The third kappa shape index (κ3) is 4.60. The number of hydrogen-bond acceptors (Lipinski definition) is 6. The molecule has 0 aliphatic carbocycles. The van der Waals surface area contributed by atoms with Crippen LogP contribution in [0.1, 0.15) is 21.7 Å². The summed E-state index contributed by atoms with van der Waals surface area (Å²) in [5.74, 6) is -0.406. The molecule has 0 saturated heterocycles. The van der Waals surface area contributed by atoms with E-state index in [9.17, 15) is 18.0 Å². The zero-order chi connectivity index (χ0) is 21.2. The third-order valence-corrected chi connectivity index (χ3v) is 4.27. The van der Waals surface area contributed by atoms with E-state index < -0.39 is 17.7 Å². The number of aromatic nitrogens is 4. The summed E-state index contributed by atoms with van der Waals surface area (Å²) in [6.45, 7) is -0.287. The van der Waals surface area contributed by atoms with Crippen LogP contribution in [0.2, 0.25) is 10.0 Å². The van der Waals surface area contributed by atoms with Crippen LogP contribution < -0.4 is 4.74 Å². The molecule has 0 radical (unpaired) electrons. The summed E-state index contributed by atoms with van der Waals surface area (Å²) in [5, 5.41) is 10.8. The van der Waals surface area contributed by atoms with Gasteiger partial charge in [0.1, 0.15) is 12.4 Å². The van der Waals surface area contributed by atoms with Crippen molar-refractivity contribution in [1.82, 2.24) is 20.2 Å². The molecule has 0 amide bonds. The van der Waals surface area contributed by atoms with Crippen molar-refractivity contribution in [2.24, 2.45) is 0 Å². The maximum Gasteiger partial charge on any atom is 0.418 e. The highest BCUT2D eigenvalue weighted by Gasteiger charge is 2.35. The fourth-order valence-electron chi connectivity index (χ4n) is 2.41. The Hall–Kier alpha value is -2.85. The van der Waals surface area contributed by atoms with Crippen molar-refractivity contribution in [3.05, 3.63) is 63.4 Å². The molecule has 0 aliphatic rings. The molecule has 29 heavy (non-hydrogen) atoms. The van der Waals surface area contributed by atoms with Gasteiger partial charge in [0.2, 0.25) is 0 Å². The van der Waals surface area contributed by atoms with Crippen LogP contribution in [0.15, 0.2) is 36.4 Å². The van der Waals surface area contributed by atoms with Gasteiger partial charge in [0.25, 0.3) is 0 Å². The molecule has 0 atom stereocenters. The second kappa shape index (κ2) is 8.26. The molecule has 3 aromatic rings. The molecule has 1 heterocycles. The lowest BCUT2D eigenvalue weighted by molar-refractivity contribution is -0.137. The minimum Gasteiger partial charge on any atom is -0.484 e. The van der Waals surface area contributed by atoms with Crippen molar-refractivity contribution in [2.45, 2.75) is 12.8 Å². The number of tetrazole rings is 1. The van der Waals surface area contributed by atoms with Gasteiger partial charge in [0.15, 0.2) is 5.82 Å². The van der Waals surface area contributed by atoms with Gasteiger partial charge >= 0.3 is 12.1 Å². The van der Waals surface area contributed by atoms with Gasteiger partial charge < -0.3 is 9.47 Å². The van der Waals surface area contributed by atoms with E-state index in [0.717, 1.165) is 16.8 Å². The van der Waals surface area contributed by atoms with E-state index in [-0.39, 0.29) is 39.5 Å². The van der Waals surface area contributed by atoms with Gasteiger partial charge in [-0.25, -0.2) is 4.79 Å². The number of benzene rings is 2. The molecule has 0 bridgehead atoms. The van der Waals surface area contributed by atoms with Gasteiger partial charge in [-0.2, -0.15) is 17.9 Å². The lowest BCUT2D eigenvalue weighted by atomic mass is 10.1. The van der Waals surface area contributed by atoms with Crippen LogP contribution >= 0.6 is 23.2 Å². The minimum atomic E-state index is -4.67. The normalized spacial score (nSPS) is 11.4. The first-order valence-electron chi connectivity index (χ1n) is 7.85. The van der Waals surface area contributed by atoms with Crippen LogP contribution in [0.5, 0.6) is 5.75 Å². The van der Waals surface area contributed by atoms with Gasteiger partial charge in [-0.3, -0.25) is 0 Å². The second-order valence-corrected chi connectivity index (χ2v) is 6.44. The third-order valence-electron chi connectivity index (χ3n) is 3.74. The molecule has 0 fully saturated rings. The van der Waals surface area contributed by atoms with E-state index >= 15 is 0 Å². The molecular weight excluding hydrogens is 436 g/mol. The quantitative estimate of drug-likeness (QED) is 0.542. The molecule has 0 spiro atoms. The van der Waals surface area contributed by atoms with Crippen molar-refractivity contribution in [3.8, 4) is 11.4 Å². The number of ether oxygens (including phenoxy) is 2. The molecule has 7 nitrogen and oxygen atoms in total. The zero-order valence-corrected chi connectivity index (χ0v) is 16.1. The second-order valence-electron chi connectivity index (χ2n) is 5.59. The Morgan fingerprint density at radius 3 is 2.59 bits per heavy atom. The fourth-order valence-corrected chi connectivity index (χ4v) is 2.82. The van der Waals surface area contributed by atoms with Crippen LogP contribution in [-0.4, -0.2) is 33.3 Å². The molecule has 3 rings (SSSR count). The standard InChI is InChI=1S/C17H11Cl2F3N4O3/c1-28-16(27)9-2-5-14(12(19)6-9)29-8-15-23-24-25-26(15)13-4-3-10(18)7-11(13)17(20,21)22/h2-7H,8H2,1H3. The van der Waals surface area contributed by atoms with Crippen molar-refractivity contribution in [3.63, 3.8) is 0 Å². The summed E-state index contributed by atoms with van der Waals surface area (Å²) in [6, 6.07) is 7.42. The summed E-state index contributed by atoms with van der Waals surface area (Å²) in [4.78, 5) is 11.5. The Morgan fingerprint density at radius 2 is 1.93 bits per heavy atom. The van der Waals surface area contributed by atoms with Crippen LogP contribution in [0.25, 0.3) is 5.69 Å². The zero-order valence-electron chi connectivity index (χ0n) is 14.6. The Morgan fingerprint density at radius 1 is 1.17 bits per heavy atom. The summed E-state index contributed by atoms with van der Waals surface area (Å²) in [6.07, 6.45) is -4.67. The van der Waals surface area contributed by atoms with E-state index in [1.54, 1.807) is 0 Å². The number of hydrogen-bond donors (Lipinski definition) is 0. The van der Waals surface area contributed by atoms with Crippen LogP contribution in [-0.2, 0) is 17.5 Å². The van der Waals surface area contributed by atoms with E-state index in [4.69, 9.17) is 27.9 Å². The number of esters is 1. The van der Waals surface area contributed by atoms with Crippen molar-refractivity contribution in [2.75, 3.05) is 7.11 Å². The molecule has 152 valence electrons. The van der Waals surface area contributed by atoms with Gasteiger partial charge in [0.05, 0.1) is 28.9 Å². The highest BCUT2D eigenvalue weighted by molar-refractivity contribution is 6.32. The summed E-state index contributed by atoms with van der Waals surface area (Å²) in [5.41, 5.74) is -1.10. The van der Waals surface area contributed by atoms with E-state index in [2.05, 4.69) is 20.3 Å². The number of rotatable bonds is 5. The van der Waals surface area contributed by atoms with Gasteiger partial charge in [-0.15, -0.1) is 5.10 Å². The smallest absolute Gasteiger partial charge is 0.418 e. The average Bonchev–Trinajstić information content (AvgIpc) is 3.14. The highest BCUT2D eigenvalue weighted by atomic mass is 35.5. The van der Waals surface area contributed by atoms with Crippen LogP contribution in [0.4, 0.5) is 13.2 Å². The molecule has 0 saturated carbocycles. The lowest BCUT2D eigenvalue weighted by Crippen LogP contribution is -2.14. The molecule has 2 aromatic carbocycles. The van der Waals surface area contributed by atoms with Crippen molar-refractivity contribution in [1.29, 1.82) is 0 Å². The van der Waals surface area contributed by atoms with Crippen LogP contribution in [0, 0.1) is 0 Å². The average molecular weight is 447 g/mol.